The van der Waals surface area contributed by atoms with Crippen LogP contribution in [0.25, 0.3) is 10.9 Å². The van der Waals surface area contributed by atoms with E-state index in [2.05, 4.69) is 0 Å². The van der Waals surface area contributed by atoms with Crippen molar-refractivity contribution in [1.29, 1.82) is 0 Å². The summed E-state index contributed by atoms with van der Waals surface area (Å²) in [6.07, 6.45) is 0. The lowest BCUT2D eigenvalue weighted by atomic mass is 10.2. The Labute approximate surface area is 98.4 Å². The highest BCUT2D eigenvalue weighted by Gasteiger charge is 2.18. The number of hydrogen-bond acceptors (Lipinski definition) is 4. The summed E-state index contributed by atoms with van der Waals surface area (Å²) in [5.74, 6) is 0. The third-order valence-electron chi connectivity index (χ3n) is 2.41. The maximum absolute atomic E-state index is 11.6. The molecule has 0 bridgehead atoms. The largest absolute Gasteiger partial charge is 0.328 e. The molecule has 7 nitrogen and oxygen atoms in total. The molecule has 0 aliphatic heterocycles. The molecule has 1 aromatic heterocycles. The zero-order valence-corrected chi connectivity index (χ0v) is 9.32. The molecular weight excluding hydrogens is 250 g/mol. The number of H-pyrrole nitrogens is 1. The van der Waals surface area contributed by atoms with E-state index in [1.54, 1.807) is 0 Å². The number of nitrogens with one attached hydrogen (secondary N) is 1. The molecule has 0 radical (unpaired) electrons. The minimum atomic E-state index is -0.739. The highest BCUT2D eigenvalue weighted by atomic mass is 35.5. The predicted octanol–water partition coefficient (Wildman–Crippen LogP) is 0.788. The van der Waals surface area contributed by atoms with Gasteiger partial charge in [0.05, 0.1) is 15.8 Å². The Bertz CT molecular complexity index is 746. The lowest BCUT2D eigenvalue weighted by Gasteiger charge is -2.04. The minimum Gasteiger partial charge on any atom is -0.296 e. The Kier molecular flexibility index (Phi) is 2.47. The molecule has 0 fully saturated rings. The Balaban J connectivity index is 3.07. The van der Waals surface area contributed by atoms with Gasteiger partial charge in [-0.1, -0.05) is 11.6 Å². The lowest BCUT2D eigenvalue weighted by molar-refractivity contribution is -0.384. The molecule has 0 aliphatic rings. The highest BCUT2D eigenvalue weighted by molar-refractivity contribution is 6.37. The zero-order chi connectivity index (χ0) is 12.7. The van der Waals surface area contributed by atoms with E-state index < -0.39 is 16.2 Å². The van der Waals surface area contributed by atoms with Crippen LogP contribution in [0.2, 0.25) is 5.02 Å². The summed E-state index contributed by atoms with van der Waals surface area (Å²) >= 11 is 5.79. The van der Waals surface area contributed by atoms with Gasteiger partial charge in [-0.3, -0.25) is 24.5 Å². The van der Waals surface area contributed by atoms with E-state index in [9.17, 15) is 19.7 Å². The molecular formula is C9H6ClN3O4. The summed E-state index contributed by atoms with van der Waals surface area (Å²) in [6.45, 7) is 0. The van der Waals surface area contributed by atoms with E-state index in [1.165, 1.54) is 13.1 Å². The van der Waals surface area contributed by atoms with Crippen LogP contribution in [0.4, 0.5) is 5.69 Å². The molecule has 1 N–H and O–H groups in total. The lowest BCUT2D eigenvalue weighted by Crippen LogP contribution is -2.28. The van der Waals surface area contributed by atoms with E-state index >= 15 is 0 Å². The molecule has 1 aromatic carbocycles. The van der Waals surface area contributed by atoms with Crippen LogP contribution >= 0.6 is 11.6 Å². The van der Waals surface area contributed by atoms with Crippen molar-refractivity contribution in [1.82, 2.24) is 9.55 Å². The molecule has 0 saturated heterocycles. The van der Waals surface area contributed by atoms with E-state index in [0.717, 1.165) is 10.6 Å². The second kappa shape index (κ2) is 3.70. The van der Waals surface area contributed by atoms with Crippen LogP contribution in [0, 0.1) is 10.1 Å². The van der Waals surface area contributed by atoms with Crippen molar-refractivity contribution in [3.8, 4) is 0 Å². The standard InChI is InChI=1S/C9H6ClN3O4/c1-12-4-2-3-5(13(16)17)7(10)6(4)8(14)11-9(12)15/h2-3H,1H3,(H,11,14,15). The predicted molar refractivity (Wildman–Crippen MR) is 61.5 cm³/mol. The number of hydrogen-bond donors (Lipinski definition) is 1. The van der Waals surface area contributed by atoms with Crippen molar-refractivity contribution in [2.45, 2.75) is 0 Å². The van der Waals surface area contributed by atoms with Gasteiger partial charge in [-0.25, -0.2) is 4.79 Å². The number of nitro benzene ring substituents is 1. The zero-order valence-electron chi connectivity index (χ0n) is 8.56. The second-order valence-electron chi connectivity index (χ2n) is 3.37. The number of nitro groups is 1. The van der Waals surface area contributed by atoms with Gasteiger partial charge in [0.1, 0.15) is 5.02 Å². The van der Waals surface area contributed by atoms with E-state index in [1.807, 2.05) is 4.98 Å². The monoisotopic (exact) mass is 255 g/mol. The van der Waals surface area contributed by atoms with Crippen molar-refractivity contribution in [3.05, 3.63) is 48.1 Å². The molecule has 2 aromatic rings. The summed E-state index contributed by atoms with van der Waals surface area (Å²) in [5, 5.41) is 10.3. The summed E-state index contributed by atoms with van der Waals surface area (Å²) in [5.41, 5.74) is -1.47. The smallest absolute Gasteiger partial charge is 0.296 e. The number of nitrogens with zero attached hydrogens (tertiary/aromatic N) is 2. The molecule has 88 valence electrons. The van der Waals surface area contributed by atoms with Gasteiger partial charge in [0.25, 0.3) is 11.2 Å². The average molecular weight is 256 g/mol. The van der Waals surface area contributed by atoms with Crippen molar-refractivity contribution in [3.63, 3.8) is 0 Å². The third-order valence-corrected chi connectivity index (χ3v) is 2.79. The normalized spacial score (nSPS) is 10.7. The van der Waals surface area contributed by atoms with Gasteiger partial charge in [0.15, 0.2) is 0 Å². The molecule has 0 unspecified atom stereocenters. The van der Waals surface area contributed by atoms with Gasteiger partial charge in [-0.2, -0.15) is 0 Å². The second-order valence-corrected chi connectivity index (χ2v) is 3.75. The number of aromatic nitrogens is 2. The number of aromatic amines is 1. The third kappa shape index (κ3) is 1.60. The Morgan fingerprint density at radius 1 is 1.41 bits per heavy atom. The first-order valence-electron chi connectivity index (χ1n) is 4.49. The van der Waals surface area contributed by atoms with Crippen LogP contribution in [0.1, 0.15) is 0 Å². The van der Waals surface area contributed by atoms with Crippen LogP contribution in [0.3, 0.4) is 0 Å². The maximum Gasteiger partial charge on any atom is 0.328 e. The average Bonchev–Trinajstić information content (AvgIpc) is 2.25. The van der Waals surface area contributed by atoms with Gasteiger partial charge in [-0.05, 0) is 6.07 Å². The number of rotatable bonds is 1. The SMILES string of the molecule is Cn1c(=O)[nH]c(=O)c2c(Cl)c([N+](=O)[O-])ccc21. The molecule has 0 atom stereocenters. The highest BCUT2D eigenvalue weighted by Crippen LogP contribution is 2.29. The summed E-state index contributed by atoms with van der Waals surface area (Å²) in [7, 11) is 1.43. The number of fused-ring (bicyclic) bond motifs is 1. The van der Waals surface area contributed by atoms with Gasteiger partial charge in [0, 0.05) is 13.1 Å². The molecule has 0 aliphatic carbocycles. The molecule has 1 heterocycles. The Hall–Kier alpha value is -2.15. The fourth-order valence-electron chi connectivity index (χ4n) is 1.54. The summed E-state index contributed by atoms with van der Waals surface area (Å²) < 4.78 is 1.16. The van der Waals surface area contributed by atoms with Crippen LogP contribution < -0.4 is 11.2 Å². The maximum atomic E-state index is 11.6. The van der Waals surface area contributed by atoms with E-state index in [4.69, 9.17) is 11.6 Å². The topological polar surface area (TPSA) is 98.0 Å². The first kappa shape index (κ1) is 11.3. The van der Waals surface area contributed by atoms with Gasteiger partial charge in [-0.15, -0.1) is 0 Å². The van der Waals surface area contributed by atoms with Crippen molar-refractivity contribution in [2.24, 2.45) is 7.05 Å². The van der Waals surface area contributed by atoms with Crippen molar-refractivity contribution >= 4 is 28.2 Å². The summed E-state index contributed by atoms with van der Waals surface area (Å²) in [4.78, 5) is 34.9. The molecule has 0 saturated carbocycles. The van der Waals surface area contributed by atoms with Gasteiger partial charge < -0.3 is 0 Å². The van der Waals surface area contributed by atoms with Crippen molar-refractivity contribution < 1.29 is 4.92 Å². The summed E-state index contributed by atoms with van der Waals surface area (Å²) in [6, 6.07) is 2.47. The Morgan fingerprint density at radius 2 is 2.06 bits per heavy atom. The van der Waals surface area contributed by atoms with Gasteiger partial charge in [0.2, 0.25) is 0 Å². The fraction of sp³-hybridized carbons (Fsp3) is 0.111. The fourth-order valence-corrected chi connectivity index (χ4v) is 1.86. The first-order chi connectivity index (χ1) is 7.93. The Morgan fingerprint density at radius 3 is 2.65 bits per heavy atom. The minimum absolute atomic E-state index is 0.0667. The number of benzene rings is 1. The first-order valence-corrected chi connectivity index (χ1v) is 4.87. The van der Waals surface area contributed by atoms with Gasteiger partial charge >= 0.3 is 5.69 Å². The molecule has 2 rings (SSSR count). The molecule has 0 spiro atoms. The van der Waals surface area contributed by atoms with Crippen LogP contribution in [-0.2, 0) is 7.05 Å². The van der Waals surface area contributed by atoms with Crippen LogP contribution in [-0.4, -0.2) is 14.5 Å². The number of aryl methyl sites for hydroxylation is 1. The van der Waals surface area contributed by atoms with E-state index in [0.29, 0.717) is 0 Å². The van der Waals surface area contributed by atoms with Crippen molar-refractivity contribution in [2.75, 3.05) is 0 Å². The van der Waals surface area contributed by atoms with Crippen LogP contribution in [0.5, 0.6) is 0 Å². The number of halogens is 1. The quantitative estimate of drug-likeness (QED) is 0.601. The molecule has 0 amide bonds. The molecule has 8 heteroatoms. The molecule has 17 heavy (non-hydrogen) atoms. The van der Waals surface area contributed by atoms with E-state index in [-0.39, 0.29) is 21.6 Å². The van der Waals surface area contributed by atoms with Crippen LogP contribution in [0.15, 0.2) is 21.7 Å².